The van der Waals surface area contributed by atoms with Crippen molar-refractivity contribution in [2.75, 3.05) is 31.5 Å². The predicted molar refractivity (Wildman–Crippen MR) is 124 cm³/mol. The molecular weight excluding hydrogens is 440 g/mol. The number of anilines is 1. The predicted octanol–water partition coefficient (Wildman–Crippen LogP) is 2.50. The first kappa shape index (κ1) is 21.5. The number of aromatic nitrogens is 1. The first-order valence-electron chi connectivity index (χ1n) is 10.9. The number of nitrogens with zero attached hydrogens (tertiary/aromatic N) is 3. The van der Waals surface area contributed by atoms with Crippen LogP contribution < -0.4 is 5.32 Å². The highest BCUT2D eigenvalue weighted by molar-refractivity contribution is 7.89. The van der Waals surface area contributed by atoms with Crippen LogP contribution in [0.3, 0.4) is 0 Å². The van der Waals surface area contributed by atoms with Gasteiger partial charge in [-0.05, 0) is 36.2 Å². The van der Waals surface area contributed by atoms with E-state index in [1.807, 2.05) is 43.3 Å². The number of amides is 2. The van der Waals surface area contributed by atoms with Gasteiger partial charge in [0, 0.05) is 49.9 Å². The van der Waals surface area contributed by atoms with Gasteiger partial charge >= 0.3 is 0 Å². The van der Waals surface area contributed by atoms with Gasteiger partial charge in [-0.1, -0.05) is 30.3 Å². The lowest BCUT2D eigenvalue weighted by Gasteiger charge is -2.34. The monoisotopic (exact) mass is 464 g/mol. The van der Waals surface area contributed by atoms with Crippen molar-refractivity contribution in [2.24, 2.45) is 0 Å². The van der Waals surface area contributed by atoms with E-state index < -0.39 is 15.9 Å². The third-order valence-corrected chi connectivity index (χ3v) is 8.24. The Morgan fingerprint density at radius 3 is 2.64 bits per heavy atom. The molecule has 0 saturated carbocycles. The van der Waals surface area contributed by atoms with E-state index in [0.717, 1.165) is 22.2 Å². The third-order valence-electron chi connectivity index (χ3n) is 6.31. The summed E-state index contributed by atoms with van der Waals surface area (Å²) < 4.78 is 28.1. The summed E-state index contributed by atoms with van der Waals surface area (Å²) in [6, 6.07) is 14.4. The lowest BCUT2D eigenvalue weighted by molar-refractivity contribution is -0.134. The highest BCUT2D eigenvalue weighted by Gasteiger charge is 2.35. The van der Waals surface area contributed by atoms with Gasteiger partial charge in [-0.2, -0.15) is 4.31 Å². The van der Waals surface area contributed by atoms with E-state index in [0.29, 0.717) is 5.52 Å². The molecule has 1 N–H and O–H groups in total. The molecule has 3 heterocycles. The molecular formula is C24H24N4O4S. The zero-order chi connectivity index (χ0) is 23.2. The van der Waals surface area contributed by atoms with Gasteiger partial charge in [0.15, 0.2) is 0 Å². The van der Waals surface area contributed by atoms with Crippen LogP contribution in [0.2, 0.25) is 0 Å². The molecule has 9 heteroatoms. The zero-order valence-corrected chi connectivity index (χ0v) is 19.0. The number of benzene rings is 2. The van der Waals surface area contributed by atoms with Crippen LogP contribution in [0, 0.1) is 6.92 Å². The molecule has 33 heavy (non-hydrogen) atoms. The molecule has 170 valence electrons. The minimum Gasteiger partial charge on any atom is -0.340 e. The summed E-state index contributed by atoms with van der Waals surface area (Å²) in [5.41, 5.74) is 2.99. The summed E-state index contributed by atoms with van der Waals surface area (Å²) in [6.07, 6.45) is 1.73. The average Bonchev–Trinajstić information content (AvgIpc) is 3.13. The number of carbonyl (C=O) groups excluding carboxylic acids is 2. The molecule has 1 fully saturated rings. The van der Waals surface area contributed by atoms with Gasteiger partial charge in [-0.15, -0.1) is 0 Å². The molecule has 3 aromatic rings. The number of nitrogens with one attached hydrogen (secondary N) is 1. The molecule has 2 amide bonds. The summed E-state index contributed by atoms with van der Waals surface area (Å²) in [4.78, 5) is 31.4. The maximum Gasteiger partial charge on any atom is 0.245 e. The number of piperazine rings is 1. The maximum absolute atomic E-state index is 13.4. The SMILES string of the molecule is Cc1cnc2c(S(=O)(=O)N3CCN(C(=O)CC4C(=O)Nc5ccccc54)CC3)cccc2c1. The summed E-state index contributed by atoms with van der Waals surface area (Å²) in [5, 5.41) is 3.59. The number of hydrogen-bond donors (Lipinski definition) is 1. The number of aryl methyl sites for hydroxylation is 1. The fourth-order valence-corrected chi connectivity index (χ4v) is 6.14. The molecule has 1 saturated heterocycles. The molecule has 0 aliphatic carbocycles. The Kier molecular flexibility index (Phi) is 5.38. The van der Waals surface area contributed by atoms with Crippen molar-refractivity contribution in [1.82, 2.24) is 14.2 Å². The Hall–Kier alpha value is -3.30. The number of rotatable bonds is 4. The molecule has 1 aromatic heterocycles. The van der Waals surface area contributed by atoms with E-state index in [2.05, 4.69) is 10.3 Å². The molecule has 5 rings (SSSR count). The summed E-state index contributed by atoms with van der Waals surface area (Å²) in [5.74, 6) is -0.837. The smallest absolute Gasteiger partial charge is 0.245 e. The van der Waals surface area contributed by atoms with Crippen LogP contribution in [0.25, 0.3) is 10.9 Å². The summed E-state index contributed by atoms with van der Waals surface area (Å²) in [7, 11) is -3.75. The van der Waals surface area contributed by atoms with Gasteiger partial charge in [-0.25, -0.2) is 8.42 Å². The number of fused-ring (bicyclic) bond motifs is 2. The molecule has 0 radical (unpaired) electrons. The second-order valence-electron chi connectivity index (χ2n) is 8.46. The van der Waals surface area contributed by atoms with Crippen LogP contribution in [-0.2, 0) is 19.6 Å². The fourth-order valence-electron chi connectivity index (χ4n) is 4.55. The molecule has 2 aliphatic rings. The normalized spacial score (nSPS) is 18.9. The largest absolute Gasteiger partial charge is 0.340 e. The second-order valence-corrected chi connectivity index (χ2v) is 10.4. The van der Waals surface area contributed by atoms with E-state index in [1.54, 1.807) is 23.2 Å². The minimum absolute atomic E-state index is 0.0716. The standard InChI is InChI=1S/C24H24N4O4S/c1-16-13-17-5-4-8-21(23(17)25-15-16)33(31,32)28-11-9-27(10-12-28)22(29)14-19-18-6-2-3-7-20(18)26-24(19)30/h2-8,13,15,19H,9-12,14H2,1H3,(H,26,30). The molecule has 1 unspecified atom stereocenters. The average molecular weight is 465 g/mol. The Balaban J connectivity index is 1.28. The molecule has 2 aromatic carbocycles. The summed E-state index contributed by atoms with van der Waals surface area (Å²) >= 11 is 0. The second kappa shape index (κ2) is 8.24. The lowest BCUT2D eigenvalue weighted by Crippen LogP contribution is -2.50. The van der Waals surface area contributed by atoms with E-state index >= 15 is 0 Å². The Bertz CT molecular complexity index is 1360. The number of para-hydroxylation sites is 2. The lowest BCUT2D eigenvalue weighted by atomic mass is 9.96. The molecule has 2 aliphatic heterocycles. The van der Waals surface area contributed by atoms with Crippen molar-refractivity contribution < 1.29 is 18.0 Å². The van der Waals surface area contributed by atoms with E-state index in [4.69, 9.17) is 0 Å². The first-order valence-corrected chi connectivity index (χ1v) is 12.3. The first-order chi connectivity index (χ1) is 15.8. The van der Waals surface area contributed by atoms with Crippen LogP contribution >= 0.6 is 0 Å². The number of pyridine rings is 1. The molecule has 0 spiro atoms. The fraction of sp³-hybridized carbons (Fsp3) is 0.292. The van der Waals surface area contributed by atoms with Gasteiger partial charge in [0.25, 0.3) is 0 Å². The van der Waals surface area contributed by atoms with Crippen molar-refractivity contribution in [3.8, 4) is 0 Å². The Morgan fingerprint density at radius 1 is 1.09 bits per heavy atom. The van der Waals surface area contributed by atoms with Gasteiger partial charge in [0.1, 0.15) is 4.90 Å². The summed E-state index contributed by atoms with van der Waals surface area (Å²) in [6.45, 7) is 2.88. The van der Waals surface area contributed by atoms with Crippen molar-refractivity contribution in [3.63, 3.8) is 0 Å². The van der Waals surface area contributed by atoms with Crippen LogP contribution in [-0.4, -0.2) is 60.6 Å². The van der Waals surface area contributed by atoms with Crippen LogP contribution in [0.4, 0.5) is 5.69 Å². The molecule has 1 atom stereocenters. The van der Waals surface area contributed by atoms with E-state index in [9.17, 15) is 18.0 Å². The number of sulfonamides is 1. The highest BCUT2D eigenvalue weighted by atomic mass is 32.2. The van der Waals surface area contributed by atoms with Crippen LogP contribution in [0.1, 0.15) is 23.5 Å². The number of hydrogen-bond acceptors (Lipinski definition) is 5. The quantitative estimate of drug-likeness (QED) is 0.640. The van der Waals surface area contributed by atoms with Crippen molar-refractivity contribution in [1.29, 1.82) is 0 Å². The van der Waals surface area contributed by atoms with Gasteiger partial charge in [0.2, 0.25) is 21.8 Å². The molecule has 0 bridgehead atoms. The Labute approximate surface area is 192 Å². The third kappa shape index (κ3) is 3.87. The minimum atomic E-state index is -3.75. The van der Waals surface area contributed by atoms with E-state index in [-0.39, 0.29) is 49.3 Å². The van der Waals surface area contributed by atoms with Crippen LogP contribution in [0.15, 0.2) is 59.6 Å². The van der Waals surface area contributed by atoms with Crippen molar-refractivity contribution >= 4 is 38.4 Å². The number of carbonyl (C=O) groups is 2. The van der Waals surface area contributed by atoms with Gasteiger partial charge in [0.05, 0.1) is 11.4 Å². The Morgan fingerprint density at radius 2 is 1.85 bits per heavy atom. The van der Waals surface area contributed by atoms with E-state index in [1.165, 1.54) is 4.31 Å². The zero-order valence-electron chi connectivity index (χ0n) is 18.2. The van der Waals surface area contributed by atoms with Gasteiger partial charge in [-0.3, -0.25) is 14.6 Å². The maximum atomic E-state index is 13.4. The van der Waals surface area contributed by atoms with Crippen molar-refractivity contribution in [3.05, 3.63) is 65.9 Å². The molecule has 8 nitrogen and oxygen atoms in total. The van der Waals surface area contributed by atoms with Crippen molar-refractivity contribution in [2.45, 2.75) is 24.2 Å². The highest BCUT2D eigenvalue weighted by Crippen LogP contribution is 2.35. The van der Waals surface area contributed by atoms with Crippen LogP contribution in [0.5, 0.6) is 0 Å². The van der Waals surface area contributed by atoms with Gasteiger partial charge < -0.3 is 10.2 Å². The topological polar surface area (TPSA) is 99.7 Å².